The molecule has 1 amide bonds. The first kappa shape index (κ1) is 17.7. The molecule has 0 saturated carbocycles. The van der Waals surface area contributed by atoms with Crippen molar-refractivity contribution in [2.45, 2.75) is 6.42 Å². The average molecular weight is 362 g/mol. The number of nitrogens with two attached hydrogens (primary N) is 1. The van der Waals surface area contributed by atoms with Crippen molar-refractivity contribution in [1.29, 1.82) is 0 Å². The molecular weight excluding hydrogens is 341 g/mol. The van der Waals surface area contributed by atoms with E-state index in [1.807, 2.05) is 24.3 Å². The quantitative estimate of drug-likeness (QED) is 0.851. The third kappa shape index (κ3) is 4.50. The summed E-state index contributed by atoms with van der Waals surface area (Å²) in [4.78, 5) is 16.6. The Morgan fingerprint density at radius 3 is 2.40 bits per heavy atom. The van der Waals surface area contributed by atoms with Crippen molar-refractivity contribution in [1.82, 2.24) is 9.80 Å². The molecule has 0 radical (unpaired) electrons. The smallest absolute Gasteiger partial charge is 0.254 e. The van der Waals surface area contributed by atoms with E-state index in [9.17, 15) is 9.18 Å². The van der Waals surface area contributed by atoms with Crippen LogP contribution in [-0.4, -0.2) is 48.4 Å². The van der Waals surface area contributed by atoms with Crippen LogP contribution in [0.5, 0.6) is 0 Å². The van der Waals surface area contributed by atoms with Crippen molar-refractivity contribution in [3.63, 3.8) is 0 Å². The minimum atomic E-state index is -0.497. The molecular formula is C19H21ClFN3O. The Kier molecular flexibility index (Phi) is 5.56. The van der Waals surface area contributed by atoms with Gasteiger partial charge in [0.25, 0.3) is 5.91 Å². The Labute approximate surface area is 152 Å². The molecule has 6 heteroatoms. The number of benzene rings is 2. The van der Waals surface area contributed by atoms with Crippen LogP contribution in [-0.2, 0) is 6.42 Å². The average Bonchev–Trinajstić information content (AvgIpc) is 2.63. The van der Waals surface area contributed by atoms with Crippen molar-refractivity contribution in [2.75, 3.05) is 38.5 Å². The largest absolute Gasteiger partial charge is 0.396 e. The third-order valence-electron chi connectivity index (χ3n) is 4.53. The molecule has 1 heterocycles. The van der Waals surface area contributed by atoms with Crippen molar-refractivity contribution in [2.24, 2.45) is 0 Å². The van der Waals surface area contributed by atoms with E-state index in [-0.39, 0.29) is 11.6 Å². The zero-order chi connectivity index (χ0) is 17.8. The Balaban J connectivity index is 1.50. The van der Waals surface area contributed by atoms with Gasteiger partial charge in [-0.1, -0.05) is 23.7 Å². The summed E-state index contributed by atoms with van der Waals surface area (Å²) >= 11 is 5.90. The van der Waals surface area contributed by atoms with Crippen LogP contribution in [0.3, 0.4) is 0 Å². The fourth-order valence-corrected chi connectivity index (χ4v) is 3.10. The van der Waals surface area contributed by atoms with Crippen LogP contribution in [0.2, 0.25) is 5.02 Å². The maximum atomic E-state index is 13.2. The number of hydrogen-bond acceptors (Lipinski definition) is 3. The molecule has 0 aliphatic carbocycles. The molecule has 4 nitrogen and oxygen atoms in total. The van der Waals surface area contributed by atoms with E-state index in [0.717, 1.165) is 31.1 Å². The van der Waals surface area contributed by atoms with Gasteiger partial charge >= 0.3 is 0 Å². The van der Waals surface area contributed by atoms with Crippen LogP contribution < -0.4 is 5.73 Å². The molecule has 1 aliphatic heterocycles. The second kappa shape index (κ2) is 7.85. The Hall–Kier alpha value is -2.11. The molecule has 3 rings (SSSR count). The fourth-order valence-electron chi connectivity index (χ4n) is 2.97. The van der Waals surface area contributed by atoms with E-state index in [2.05, 4.69) is 4.90 Å². The van der Waals surface area contributed by atoms with Gasteiger partial charge in [-0.3, -0.25) is 9.69 Å². The van der Waals surface area contributed by atoms with Crippen LogP contribution >= 0.6 is 11.6 Å². The molecule has 132 valence electrons. The molecule has 1 fully saturated rings. The normalized spacial score (nSPS) is 15.4. The summed E-state index contributed by atoms with van der Waals surface area (Å²) in [5, 5.41) is 0.748. The lowest BCUT2D eigenvalue weighted by Gasteiger charge is -2.34. The van der Waals surface area contributed by atoms with E-state index < -0.39 is 5.82 Å². The second-order valence-corrected chi connectivity index (χ2v) is 6.68. The van der Waals surface area contributed by atoms with E-state index >= 15 is 0 Å². The predicted octanol–water partition coefficient (Wildman–Crippen LogP) is 3.06. The van der Waals surface area contributed by atoms with Crippen molar-refractivity contribution in [3.05, 3.63) is 64.4 Å². The third-order valence-corrected chi connectivity index (χ3v) is 4.78. The fraction of sp³-hybridized carbons (Fsp3) is 0.316. The molecule has 0 aromatic heterocycles. The van der Waals surface area contributed by atoms with E-state index in [0.29, 0.717) is 18.7 Å². The summed E-state index contributed by atoms with van der Waals surface area (Å²) in [6, 6.07) is 12.0. The minimum Gasteiger partial charge on any atom is -0.396 e. The summed E-state index contributed by atoms with van der Waals surface area (Å²) in [7, 11) is 0. The van der Waals surface area contributed by atoms with Crippen LogP contribution in [0.15, 0.2) is 42.5 Å². The standard InChI is InChI=1S/C19H21ClFN3O/c20-16-4-1-14(2-5-16)7-8-23-9-11-24(12-10-23)19(25)15-3-6-17(21)18(22)13-15/h1-6,13H,7-12,22H2. The summed E-state index contributed by atoms with van der Waals surface area (Å²) in [6.45, 7) is 3.94. The van der Waals surface area contributed by atoms with Gasteiger partial charge < -0.3 is 10.6 Å². The van der Waals surface area contributed by atoms with Gasteiger partial charge in [-0.2, -0.15) is 0 Å². The van der Waals surface area contributed by atoms with Gasteiger partial charge in [-0.15, -0.1) is 0 Å². The number of anilines is 1. The number of halogens is 2. The Morgan fingerprint density at radius 2 is 1.76 bits per heavy atom. The number of carbonyl (C=O) groups is 1. The molecule has 0 atom stereocenters. The highest BCUT2D eigenvalue weighted by Gasteiger charge is 2.22. The molecule has 25 heavy (non-hydrogen) atoms. The van der Waals surface area contributed by atoms with E-state index in [1.165, 1.54) is 23.8 Å². The maximum Gasteiger partial charge on any atom is 0.254 e. The van der Waals surface area contributed by atoms with Crippen molar-refractivity contribution in [3.8, 4) is 0 Å². The topological polar surface area (TPSA) is 49.6 Å². The van der Waals surface area contributed by atoms with Gasteiger partial charge in [-0.25, -0.2) is 4.39 Å². The van der Waals surface area contributed by atoms with E-state index in [4.69, 9.17) is 17.3 Å². The summed E-state index contributed by atoms with van der Waals surface area (Å²) in [5.41, 5.74) is 7.25. The summed E-state index contributed by atoms with van der Waals surface area (Å²) in [6.07, 6.45) is 0.958. The summed E-state index contributed by atoms with van der Waals surface area (Å²) < 4.78 is 13.2. The zero-order valence-electron chi connectivity index (χ0n) is 13.9. The van der Waals surface area contributed by atoms with Gasteiger partial charge in [0.05, 0.1) is 5.69 Å². The number of piperazine rings is 1. The number of hydrogen-bond donors (Lipinski definition) is 1. The van der Waals surface area contributed by atoms with Crippen molar-refractivity contribution >= 4 is 23.2 Å². The van der Waals surface area contributed by atoms with Gasteiger partial charge in [0.15, 0.2) is 0 Å². The molecule has 0 unspecified atom stereocenters. The van der Waals surface area contributed by atoms with Crippen molar-refractivity contribution < 1.29 is 9.18 Å². The van der Waals surface area contributed by atoms with Gasteiger partial charge in [0.2, 0.25) is 0 Å². The van der Waals surface area contributed by atoms with Crippen LogP contribution in [0, 0.1) is 5.82 Å². The maximum absolute atomic E-state index is 13.2. The lowest BCUT2D eigenvalue weighted by molar-refractivity contribution is 0.0638. The second-order valence-electron chi connectivity index (χ2n) is 6.25. The molecule has 0 spiro atoms. The number of nitrogens with zero attached hydrogens (tertiary/aromatic N) is 2. The number of nitrogen functional groups attached to an aromatic ring is 1. The summed E-state index contributed by atoms with van der Waals surface area (Å²) in [5.74, 6) is -0.590. The number of amides is 1. The Morgan fingerprint density at radius 1 is 1.08 bits per heavy atom. The first-order valence-electron chi connectivity index (χ1n) is 8.34. The van der Waals surface area contributed by atoms with Gasteiger partial charge in [-0.05, 0) is 42.3 Å². The van der Waals surface area contributed by atoms with E-state index in [1.54, 1.807) is 4.90 Å². The van der Waals surface area contributed by atoms with Gasteiger partial charge in [0.1, 0.15) is 5.82 Å². The van der Waals surface area contributed by atoms with Crippen LogP contribution in [0.25, 0.3) is 0 Å². The molecule has 1 saturated heterocycles. The predicted molar refractivity (Wildman–Crippen MR) is 98.3 cm³/mol. The molecule has 1 aliphatic rings. The minimum absolute atomic E-state index is 0.00690. The molecule has 0 bridgehead atoms. The number of rotatable bonds is 4. The number of carbonyl (C=O) groups excluding carboxylic acids is 1. The lowest BCUT2D eigenvalue weighted by atomic mass is 10.1. The van der Waals surface area contributed by atoms with Gasteiger partial charge in [0, 0.05) is 43.3 Å². The molecule has 2 aromatic carbocycles. The monoisotopic (exact) mass is 361 g/mol. The first-order chi connectivity index (χ1) is 12.0. The highest BCUT2D eigenvalue weighted by Crippen LogP contribution is 2.16. The van der Waals surface area contributed by atoms with Crippen LogP contribution in [0.4, 0.5) is 10.1 Å². The first-order valence-corrected chi connectivity index (χ1v) is 8.72. The lowest BCUT2D eigenvalue weighted by Crippen LogP contribution is -2.49. The highest BCUT2D eigenvalue weighted by atomic mass is 35.5. The SMILES string of the molecule is Nc1cc(C(=O)N2CCN(CCc3ccc(Cl)cc3)CC2)ccc1F. The zero-order valence-corrected chi connectivity index (χ0v) is 14.7. The Bertz CT molecular complexity index is 743. The molecule has 2 aromatic rings. The highest BCUT2D eigenvalue weighted by molar-refractivity contribution is 6.30. The molecule has 2 N–H and O–H groups in total. The van der Waals surface area contributed by atoms with Crippen LogP contribution in [0.1, 0.15) is 15.9 Å².